The highest BCUT2D eigenvalue weighted by molar-refractivity contribution is 6.32. The van der Waals surface area contributed by atoms with Gasteiger partial charge in [0.05, 0.1) is 17.2 Å². The molecule has 1 N–H and O–H groups in total. The third kappa shape index (κ3) is 5.64. The summed E-state index contributed by atoms with van der Waals surface area (Å²) in [6.07, 6.45) is 3.17. The molecule has 134 valence electrons. The molecule has 1 fully saturated rings. The summed E-state index contributed by atoms with van der Waals surface area (Å²) in [7, 11) is 0. The van der Waals surface area contributed by atoms with Gasteiger partial charge in [0.25, 0.3) is 0 Å². The minimum Gasteiger partial charge on any atom is -0.492 e. The molecule has 0 unspecified atom stereocenters. The fourth-order valence-corrected chi connectivity index (χ4v) is 2.85. The molecule has 6 heteroatoms. The molecule has 0 bridgehead atoms. The van der Waals surface area contributed by atoms with Crippen molar-refractivity contribution in [1.29, 1.82) is 0 Å². The number of piperidine rings is 1. The fourth-order valence-electron chi connectivity index (χ4n) is 2.63. The maximum absolute atomic E-state index is 14.2. The molecule has 0 aliphatic carbocycles. The lowest BCUT2D eigenvalue weighted by molar-refractivity contribution is 0.00647. The third-order valence-electron chi connectivity index (χ3n) is 3.88. The van der Waals surface area contributed by atoms with Gasteiger partial charge in [0.1, 0.15) is 17.2 Å². The summed E-state index contributed by atoms with van der Waals surface area (Å²) < 4.78 is 25.0. The van der Waals surface area contributed by atoms with Gasteiger partial charge < -0.3 is 14.8 Å². The van der Waals surface area contributed by atoms with E-state index < -0.39 is 17.4 Å². The van der Waals surface area contributed by atoms with Gasteiger partial charge in [0.15, 0.2) is 0 Å². The lowest BCUT2D eigenvalue weighted by Crippen LogP contribution is -2.28. The van der Waals surface area contributed by atoms with Crippen LogP contribution >= 0.6 is 11.6 Å². The number of ether oxygens (including phenoxy) is 2. The van der Waals surface area contributed by atoms with Gasteiger partial charge in [-0.2, -0.15) is 0 Å². The van der Waals surface area contributed by atoms with E-state index in [0.29, 0.717) is 12.5 Å². The van der Waals surface area contributed by atoms with Gasteiger partial charge in [0.2, 0.25) is 0 Å². The number of hydrogen-bond donors (Lipinski definition) is 1. The summed E-state index contributed by atoms with van der Waals surface area (Å²) in [5.74, 6) is -0.542. The molecule has 0 spiro atoms. The van der Waals surface area contributed by atoms with Crippen molar-refractivity contribution < 1.29 is 18.7 Å². The standard InChI is InChI=1S/C18H25ClFNO3/c1-18(2,3)24-17(22)13-10-14(19)16(11-15(13)20)23-9-6-12-4-7-21-8-5-12/h10-12,21H,4-9H2,1-3H3. The molecule has 1 heterocycles. The van der Waals surface area contributed by atoms with E-state index in [0.717, 1.165) is 38.4 Å². The molecule has 1 aromatic rings. The summed E-state index contributed by atoms with van der Waals surface area (Å²) in [5, 5.41) is 3.53. The van der Waals surface area contributed by atoms with Crippen molar-refractivity contribution in [3.8, 4) is 5.75 Å². The highest BCUT2D eigenvalue weighted by Crippen LogP contribution is 2.29. The Morgan fingerprint density at radius 1 is 1.33 bits per heavy atom. The Morgan fingerprint density at radius 2 is 2.00 bits per heavy atom. The minimum absolute atomic E-state index is 0.180. The smallest absolute Gasteiger partial charge is 0.341 e. The van der Waals surface area contributed by atoms with Crippen molar-refractivity contribution in [1.82, 2.24) is 5.32 Å². The van der Waals surface area contributed by atoms with E-state index >= 15 is 0 Å². The van der Waals surface area contributed by atoms with Gasteiger partial charge in [-0.1, -0.05) is 11.6 Å². The van der Waals surface area contributed by atoms with Crippen LogP contribution in [0.25, 0.3) is 0 Å². The van der Waals surface area contributed by atoms with Crippen molar-refractivity contribution in [2.75, 3.05) is 19.7 Å². The number of halogens is 2. The molecule has 1 saturated heterocycles. The average Bonchev–Trinajstić information content (AvgIpc) is 2.49. The first kappa shape index (κ1) is 19.0. The van der Waals surface area contributed by atoms with Crippen LogP contribution in [0.3, 0.4) is 0 Å². The third-order valence-corrected chi connectivity index (χ3v) is 4.18. The highest BCUT2D eigenvalue weighted by atomic mass is 35.5. The van der Waals surface area contributed by atoms with Gasteiger partial charge in [-0.25, -0.2) is 9.18 Å². The van der Waals surface area contributed by atoms with Crippen molar-refractivity contribution in [3.05, 3.63) is 28.5 Å². The van der Waals surface area contributed by atoms with E-state index in [9.17, 15) is 9.18 Å². The van der Waals surface area contributed by atoms with Gasteiger partial charge in [-0.15, -0.1) is 0 Å². The molecule has 2 rings (SSSR count). The van der Waals surface area contributed by atoms with Crippen molar-refractivity contribution >= 4 is 17.6 Å². The molecule has 0 atom stereocenters. The lowest BCUT2D eigenvalue weighted by Gasteiger charge is -2.22. The number of hydrogen-bond acceptors (Lipinski definition) is 4. The SMILES string of the molecule is CC(C)(C)OC(=O)c1cc(Cl)c(OCCC2CCNCC2)cc1F. The quantitative estimate of drug-likeness (QED) is 0.802. The second kappa shape index (κ2) is 8.17. The van der Waals surface area contributed by atoms with Crippen molar-refractivity contribution in [3.63, 3.8) is 0 Å². The second-order valence-corrected chi connectivity index (χ2v) is 7.50. The zero-order valence-electron chi connectivity index (χ0n) is 14.5. The summed E-state index contributed by atoms with van der Waals surface area (Å²) in [6, 6.07) is 2.43. The monoisotopic (exact) mass is 357 g/mol. The van der Waals surface area contributed by atoms with Crippen LogP contribution in [0.15, 0.2) is 12.1 Å². The van der Waals surface area contributed by atoms with Crippen LogP contribution in [-0.4, -0.2) is 31.3 Å². The minimum atomic E-state index is -0.733. The number of carbonyl (C=O) groups excluding carboxylic acids is 1. The summed E-state index contributed by atoms with van der Waals surface area (Å²) in [4.78, 5) is 12.0. The van der Waals surface area contributed by atoms with E-state index in [1.54, 1.807) is 20.8 Å². The van der Waals surface area contributed by atoms with Crippen LogP contribution < -0.4 is 10.1 Å². The van der Waals surface area contributed by atoms with E-state index in [4.69, 9.17) is 21.1 Å². The summed E-state index contributed by atoms with van der Waals surface area (Å²) in [6.45, 7) is 7.72. The Morgan fingerprint density at radius 3 is 2.62 bits per heavy atom. The molecular formula is C18H25ClFNO3. The predicted octanol–water partition coefficient (Wildman–Crippen LogP) is 4.20. The fraction of sp³-hybridized carbons (Fsp3) is 0.611. The van der Waals surface area contributed by atoms with Crippen molar-refractivity contribution in [2.24, 2.45) is 5.92 Å². The maximum atomic E-state index is 14.2. The number of benzene rings is 1. The van der Waals surface area contributed by atoms with Crippen molar-refractivity contribution in [2.45, 2.75) is 45.6 Å². The molecule has 0 saturated carbocycles. The maximum Gasteiger partial charge on any atom is 0.341 e. The predicted molar refractivity (Wildman–Crippen MR) is 92.3 cm³/mol. The molecule has 0 aromatic heterocycles. The molecule has 24 heavy (non-hydrogen) atoms. The number of esters is 1. The molecular weight excluding hydrogens is 333 g/mol. The normalized spacial score (nSPS) is 16.0. The van der Waals surface area contributed by atoms with Crippen LogP contribution in [-0.2, 0) is 4.74 Å². The molecule has 4 nitrogen and oxygen atoms in total. The largest absolute Gasteiger partial charge is 0.492 e. The summed E-state index contributed by atoms with van der Waals surface area (Å²) >= 11 is 6.13. The Labute approximate surface area is 147 Å². The van der Waals surface area contributed by atoms with Crippen LogP contribution in [0.1, 0.15) is 50.4 Å². The highest BCUT2D eigenvalue weighted by Gasteiger charge is 2.22. The Hall–Kier alpha value is -1.33. The second-order valence-electron chi connectivity index (χ2n) is 7.09. The number of nitrogens with one attached hydrogen (secondary N) is 1. The zero-order chi connectivity index (χ0) is 17.7. The first-order valence-electron chi connectivity index (χ1n) is 8.32. The zero-order valence-corrected chi connectivity index (χ0v) is 15.2. The van der Waals surface area contributed by atoms with Crippen LogP contribution in [0.4, 0.5) is 4.39 Å². The van der Waals surface area contributed by atoms with E-state index in [1.807, 2.05) is 0 Å². The number of carbonyl (C=O) groups is 1. The molecule has 0 amide bonds. The number of rotatable bonds is 5. The van der Waals surface area contributed by atoms with E-state index in [-0.39, 0.29) is 16.3 Å². The van der Waals surface area contributed by atoms with Gasteiger partial charge in [-0.05, 0) is 65.1 Å². The Balaban J connectivity index is 1.97. The first-order valence-corrected chi connectivity index (χ1v) is 8.70. The van der Waals surface area contributed by atoms with E-state index in [1.165, 1.54) is 6.07 Å². The van der Waals surface area contributed by atoms with Crippen LogP contribution in [0, 0.1) is 11.7 Å². The Kier molecular flexibility index (Phi) is 6.47. The first-order chi connectivity index (χ1) is 11.3. The topological polar surface area (TPSA) is 47.6 Å². The van der Waals surface area contributed by atoms with Gasteiger partial charge in [-0.3, -0.25) is 0 Å². The molecule has 1 aliphatic heterocycles. The molecule has 1 aromatic carbocycles. The van der Waals surface area contributed by atoms with Gasteiger partial charge in [0, 0.05) is 6.07 Å². The van der Waals surface area contributed by atoms with Gasteiger partial charge >= 0.3 is 5.97 Å². The lowest BCUT2D eigenvalue weighted by atomic mass is 9.95. The summed E-state index contributed by atoms with van der Waals surface area (Å²) in [5.41, 5.74) is -0.874. The van der Waals surface area contributed by atoms with Crippen LogP contribution in [0.2, 0.25) is 5.02 Å². The van der Waals surface area contributed by atoms with E-state index in [2.05, 4.69) is 5.32 Å². The van der Waals surface area contributed by atoms with Crippen LogP contribution in [0.5, 0.6) is 5.75 Å². The molecule has 0 radical (unpaired) electrons. The Bertz CT molecular complexity index is 580. The average molecular weight is 358 g/mol. The molecule has 1 aliphatic rings.